The molecule has 22 heavy (non-hydrogen) atoms. The van der Waals surface area contributed by atoms with Crippen molar-refractivity contribution in [1.82, 2.24) is 9.55 Å². The highest BCUT2D eigenvalue weighted by molar-refractivity contribution is 7.99. The quantitative estimate of drug-likeness (QED) is 0.622. The van der Waals surface area contributed by atoms with E-state index in [4.69, 9.17) is 0 Å². The third-order valence-electron chi connectivity index (χ3n) is 3.94. The summed E-state index contributed by atoms with van der Waals surface area (Å²) in [4.78, 5) is 4.68. The summed E-state index contributed by atoms with van der Waals surface area (Å²) < 4.78 is 25.6. The number of fused-ring (bicyclic) bond motifs is 1. The third-order valence-corrected chi connectivity index (χ3v) is 7.03. The van der Waals surface area contributed by atoms with Gasteiger partial charge in [0.25, 0.3) is 0 Å². The number of para-hydroxylation sites is 2. The smallest absolute Gasteiger partial charge is 0.169 e. The fraction of sp³-hybridized carbons (Fsp3) is 0.438. The van der Waals surface area contributed by atoms with E-state index in [1.54, 1.807) is 11.8 Å². The Morgan fingerprint density at radius 1 is 1.41 bits per heavy atom. The number of rotatable bonds is 5. The molecule has 0 radical (unpaired) electrons. The lowest BCUT2D eigenvalue weighted by Gasteiger charge is -2.21. The molecule has 0 bridgehead atoms. The number of hydrogen-bond donors (Lipinski definition) is 0. The number of aromatic nitrogens is 2. The van der Waals surface area contributed by atoms with Crippen LogP contribution in [0.1, 0.15) is 12.8 Å². The number of benzene rings is 1. The monoisotopic (exact) mass is 336 g/mol. The van der Waals surface area contributed by atoms with Gasteiger partial charge in [0.1, 0.15) is 0 Å². The van der Waals surface area contributed by atoms with Gasteiger partial charge in [-0.1, -0.05) is 30.0 Å². The van der Waals surface area contributed by atoms with E-state index in [9.17, 15) is 8.42 Å². The fourth-order valence-electron chi connectivity index (χ4n) is 2.91. The Morgan fingerprint density at radius 3 is 3.00 bits per heavy atom. The minimum atomic E-state index is -2.84. The Balaban J connectivity index is 1.78. The topological polar surface area (TPSA) is 52.0 Å². The summed E-state index contributed by atoms with van der Waals surface area (Å²) >= 11 is 1.66. The van der Waals surface area contributed by atoms with E-state index in [0.29, 0.717) is 18.1 Å². The zero-order chi connectivity index (χ0) is 15.6. The van der Waals surface area contributed by atoms with Crippen LogP contribution in [-0.2, 0) is 16.4 Å². The van der Waals surface area contributed by atoms with Gasteiger partial charge in [-0.25, -0.2) is 13.4 Å². The Hall–Kier alpha value is -1.27. The molecule has 0 aliphatic carbocycles. The minimum absolute atomic E-state index is 0.237. The molecule has 3 rings (SSSR count). The van der Waals surface area contributed by atoms with Crippen molar-refractivity contribution in [2.75, 3.05) is 17.3 Å². The number of hydrogen-bond acceptors (Lipinski definition) is 4. The van der Waals surface area contributed by atoms with Crippen LogP contribution >= 0.6 is 11.8 Å². The van der Waals surface area contributed by atoms with Gasteiger partial charge in [0.05, 0.1) is 22.5 Å². The van der Waals surface area contributed by atoms with Gasteiger partial charge in [-0.15, -0.1) is 6.58 Å². The van der Waals surface area contributed by atoms with Crippen molar-refractivity contribution in [3.63, 3.8) is 0 Å². The van der Waals surface area contributed by atoms with Crippen LogP contribution in [0.2, 0.25) is 0 Å². The summed E-state index contributed by atoms with van der Waals surface area (Å²) in [5.74, 6) is 1.71. The summed E-state index contributed by atoms with van der Waals surface area (Å²) in [6.07, 6.45) is 3.65. The molecular formula is C16H20N2O2S2. The largest absolute Gasteiger partial charge is 0.315 e. The van der Waals surface area contributed by atoms with Crippen LogP contribution in [0, 0.1) is 5.92 Å². The van der Waals surface area contributed by atoms with Gasteiger partial charge < -0.3 is 4.57 Å². The molecule has 0 N–H and O–H groups in total. The molecular weight excluding hydrogens is 316 g/mol. The zero-order valence-electron chi connectivity index (χ0n) is 12.4. The summed E-state index contributed by atoms with van der Waals surface area (Å²) in [5.41, 5.74) is 2.07. The predicted molar refractivity (Wildman–Crippen MR) is 92.0 cm³/mol. The minimum Gasteiger partial charge on any atom is -0.315 e. The summed E-state index contributed by atoms with van der Waals surface area (Å²) in [6.45, 7) is 4.53. The molecule has 1 aromatic heterocycles. The molecule has 1 aliphatic rings. The molecule has 1 aliphatic heterocycles. The molecule has 118 valence electrons. The summed E-state index contributed by atoms with van der Waals surface area (Å²) in [5, 5.41) is 0.948. The first kappa shape index (κ1) is 15.6. The molecule has 1 fully saturated rings. The van der Waals surface area contributed by atoms with Crippen molar-refractivity contribution >= 4 is 32.6 Å². The Kier molecular flexibility index (Phi) is 4.59. The second kappa shape index (κ2) is 6.46. The van der Waals surface area contributed by atoms with Gasteiger partial charge >= 0.3 is 0 Å². The maximum absolute atomic E-state index is 11.7. The van der Waals surface area contributed by atoms with Crippen molar-refractivity contribution in [3.05, 3.63) is 36.9 Å². The molecule has 1 saturated heterocycles. The molecule has 2 aromatic rings. The van der Waals surface area contributed by atoms with E-state index >= 15 is 0 Å². The van der Waals surface area contributed by atoms with E-state index in [1.165, 1.54) is 0 Å². The molecule has 0 spiro atoms. The fourth-order valence-corrected chi connectivity index (χ4v) is 6.00. The van der Waals surface area contributed by atoms with Crippen molar-refractivity contribution in [3.8, 4) is 0 Å². The highest BCUT2D eigenvalue weighted by Crippen LogP contribution is 2.29. The lowest BCUT2D eigenvalue weighted by Crippen LogP contribution is -2.26. The summed E-state index contributed by atoms with van der Waals surface area (Å²) in [7, 11) is -2.84. The van der Waals surface area contributed by atoms with Gasteiger partial charge in [0.15, 0.2) is 15.0 Å². The molecule has 1 atom stereocenters. The third kappa shape index (κ3) is 3.38. The average molecular weight is 336 g/mol. The predicted octanol–water partition coefficient (Wildman–Crippen LogP) is 3.14. The number of sulfone groups is 1. The van der Waals surface area contributed by atoms with Gasteiger partial charge in [-0.2, -0.15) is 0 Å². The van der Waals surface area contributed by atoms with E-state index in [-0.39, 0.29) is 5.92 Å². The second-order valence-electron chi connectivity index (χ2n) is 5.72. The number of thioether (sulfide) groups is 1. The normalized spacial score (nSPS) is 21.0. The Morgan fingerprint density at radius 2 is 2.23 bits per heavy atom. The van der Waals surface area contributed by atoms with Crippen LogP contribution < -0.4 is 0 Å². The van der Waals surface area contributed by atoms with Crippen molar-refractivity contribution in [2.24, 2.45) is 5.92 Å². The SMILES string of the molecule is C=CCn1c(SC[C@@H]2CCCS(=O)(=O)C2)nc2ccccc21. The lowest BCUT2D eigenvalue weighted by atomic mass is 10.1. The molecule has 2 heterocycles. The van der Waals surface area contributed by atoms with Gasteiger partial charge in [0, 0.05) is 12.3 Å². The first-order valence-electron chi connectivity index (χ1n) is 7.48. The van der Waals surface area contributed by atoms with Crippen molar-refractivity contribution < 1.29 is 8.42 Å². The Bertz CT molecular complexity index is 781. The maximum Gasteiger partial charge on any atom is 0.169 e. The second-order valence-corrected chi connectivity index (χ2v) is 8.93. The van der Waals surface area contributed by atoms with E-state index in [0.717, 1.165) is 34.8 Å². The van der Waals surface area contributed by atoms with Crippen molar-refractivity contribution in [1.29, 1.82) is 0 Å². The van der Waals surface area contributed by atoms with Crippen LogP contribution in [0.4, 0.5) is 0 Å². The molecule has 0 amide bonds. The number of allylic oxidation sites excluding steroid dienone is 1. The molecule has 0 saturated carbocycles. The van der Waals surface area contributed by atoms with Gasteiger partial charge in [-0.05, 0) is 30.9 Å². The van der Waals surface area contributed by atoms with E-state index in [2.05, 4.69) is 22.2 Å². The summed E-state index contributed by atoms with van der Waals surface area (Å²) in [6, 6.07) is 8.05. The number of nitrogens with zero attached hydrogens (tertiary/aromatic N) is 2. The molecule has 6 heteroatoms. The van der Waals surface area contributed by atoms with E-state index < -0.39 is 9.84 Å². The standard InChI is InChI=1S/C16H20N2O2S2/c1-2-9-18-15-8-4-3-7-14(15)17-16(18)21-11-13-6-5-10-22(19,20)12-13/h2-4,7-8,13H,1,5-6,9-12H2/t13-/m0/s1. The first-order valence-corrected chi connectivity index (χ1v) is 10.3. The van der Waals surface area contributed by atoms with Gasteiger partial charge in [-0.3, -0.25) is 0 Å². The van der Waals surface area contributed by atoms with Gasteiger partial charge in [0.2, 0.25) is 0 Å². The van der Waals surface area contributed by atoms with Crippen LogP contribution in [0.25, 0.3) is 11.0 Å². The zero-order valence-corrected chi connectivity index (χ0v) is 14.1. The van der Waals surface area contributed by atoms with Crippen LogP contribution in [0.5, 0.6) is 0 Å². The molecule has 1 aromatic carbocycles. The highest BCUT2D eigenvalue weighted by Gasteiger charge is 2.25. The number of imidazole rings is 1. The average Bonchev–Trinajstić information content (AvgIpc) is 2.83. The van der Waals surface area contributed by atoms with E-state index in [1.807, 2.05) is 24.3 Å². The molecule has 0 unspecified atom stereocenters. The Labute approximate surface area is 135 Å². The maximum atomic E-state index is 11.7. The lowest BCUT2D eigenvalue weighted by molar-refractivity contribution is 0.520. The van der Waals surface area contributed by atoms with Crippen LogP contribution in [0.3, 0.4) is 0 Å². The first-order chi connectivity index (χ1) is 10.6. The van der Waals surface area contributed by atoms with Crippen LogP contribution in [-0.4, -0.2) is 35.2 Å². The molecule has 4 nitrogen and oxygen atoms in total. The van der Waals surface area contributed by atoms with Crippen molar-refractivity contribution in [2.45, 2.75) is 24.5 Å². The highest BCUT2D eigenvalue weighted by atomic mass is 32.2. The van der Waals surface area contributed by atoms with Crippen LogP contribution in [0.15, 0.2) is 42.1 Å².